The maximum atomic E-state index is 11.3. The van der Waals surface area contributed by atoms with Crippen molar-refractivity contribution in [2.75, 3.05) is 6.26 Å². The summed E-state index contributed by atoms with van der Waals surface area (Å²) >= 11 is 0. The first kappa shape index (κ1) is 9.92. The van der Waals surface area contributed by atoms with Crippen molar-refractivity contribution in [1.29, 1.82) is 0 Å². The van der Waals surface area contributed by atoms with E-state index in [0.29, 0.717) is 10.8 Å². The Bertz CT molecular complexity index is 670. The zero-order chi connectivity index (χ0) is 11.1. The van der Waals surface area contributed by atoms with Crippen molar-refractivity contribution in [1.82, 2.24) is 4.98 Å². The van der Waals surface area contributed by atoms with Gasteiger partial charge in [0, 0.05) is 17.8 Å². The maximum Gasteiger partial charge on any atom is 0.255 e. The van der Waals surface area contributed by atoms with Crippen molar-refractivity contribution in [3.63, 3.8) is 0 Å². The number of aromatic amines is 1. The first-order valence-electron chi connectivity index (χ1n) is 4.30. The van der Waals surface area contributed by atoms with Crippen LogP contribution in [0.25, 0.3) is 10.8 Å². The highest BCUT2D eigenvalue weighted by molar-refractivity contribution is 7.90. The number of sulfone groups is 1. The third-order valence-electron chi connectivity index (χ3n) is 2.17. The molecule has 78 valence electrons. The summed E-state index contributed by atoms with van der Waals surface area (Å²) in [6.45, 7) is 0. The molecule has 0 fully saturated rings. The zero-order valence-corrected chi connectivity index (χ0v) is 8.84. The second-order valence-electron chi connectivity index (χ2n) is 3.33. The van der Waals surface area contributed by atoms with Gasteiger partial charge in [-0.1, -0.05) is 0 Å². The summed E-state index contributed by atoms with van der Waals surface area (Å²) in [5, 5.41) is 1.12. The van der Waals surface area contributed by atoms with Crippen molar-refractivity contribution in [2.24, 2.45) is 0 Å². The van der Waals surface area contributed by atoms with E-state index in [1.165, 1.54) is 24.4 Å². The summed E-state index contributed by atoms with van der Waals surface area (Å²) in [7, 11) is -3.22. The quantitative estimate of drug-likeness (QED) is 0.782. The van der Waals surface area contributed by atoms with Crippen LogP contribution in [-0.4, -0.2) is 19.7 Å². The molecule has 1 aromatic carbocycles. The molecule has 1 aromatic heterocycles. The van der Waals surface area contributed by atoms with Crippen LogP contribution in [-0.2, 0) is 9.84 Å². The molecule has 0 amide bonds. The fourth-order valence-corrected chi connectivity index (χ4v) is 2.06. The Morgan fingerprint density at radius 1 is 1.20 bits per heavy atom. The van der Waals surface area contributed by atoms with Gasteiger partial charge in [0.2, 0.25) is 0 Å². The molecule has 5 heteroatoms. The highest BCUT2D eigenvalue weighted by Gasteiger charge is 2.08. The highest BCUT2D eigenvalue weighted by Crippen LogP contribution is 2.15. The number of rotatable bonds is 1. The average Bonchev–Trinajstić information content (AvgIpc) is 2.16. The Morgan fingerprint density at radius 3 is 2.60 bits per heavy atom. The van der Waals surface area contributed by atoms with Gasteiger partial charge in [-0.3, -0.25) is 4.79 Å². The normalized spacial score (nSPS) is 11.8. The smallest absolute Gasteiger partial charge is 0.255 e. The van der Waals surface area contributed by atoms with E-state index in [-0.39, 0.29) is 10.5 Å². The van der Waals surface area contributed by atoms with Gasteiger partial charge < -0.3 is 4.98 Å². The van der Waals surface area contributed by atoms with Crippen molar-refractivity contribution in [2.45, 2.75) is 4.90 Å². The number of benzene rings is 1. The number of nitrogens with one attached hydrogen (secondary N) is 1. The first-order chi connectivity index (χ1) is 6.98. The van der Waals surface area contributed by atoms with Gasteiger partial charge in [0.15, 0.2) is 9.84 Å². The number of fused-ring (bicyclic) bond motifs is 1. The summed E-state index contributed by atoms with van der Waals surface area (Å²) in [5.74, 6) is 0. The number of aromatic nitrogens is 1. The van der Waals surface area contributed by atoms with E-state index in [1.54, 1.807) is 6.07 Å². The second kappa shape index (κ2) is 3.20. The van der Waals surface area contributed by atoms with Crippen LogP contribution in [0.1, 0.15) is 0 Å². The monoisotopic (exact) mass is 223 g/mol. The Morgan fingerprint density at radius 2 is 1.93 bits per heavy atom. The minimum Gasteiger partial charge on any atom is -0.329 e. The largest absolute Gasteiger partial charge is 0.329 e. The van der Waals surface area contributed by atoms with E-state index in [0.717, 1.165) is 6.26 Å². The Hall–Kier alpha value is -1.62. The molecule has 0 bridgehead atoms. The molecule has 0 saturated carbocycles. The number of hydrogen-bond donors (Lipinski definition) is 1. The SMILES string of the molecule is CS(=O)(=O)c1ccc2c(=O)[nH]ccc2c1. The summed E-state index contributed by atoms with van der Waals surface area (Å²) in [5.41, 5.74) is -0.215. The average molecular weight is 223 g/mol. The molecule has 0 aliphatic heterocycles. The van der Waals surface area contributed by atoms with Gasteiger partial charge in [-0.15, -0.1) is 0 Å². The lowest BCUT2D eigenvalue weighted by Gasteiger charge is -2.00. The lowest BCUT2D eigenvalue weighted by atomic mass is 10.2. The molecule has 0 unspecified atom stereocenters. The molecule has 0 radical (unpaired) electrons. The van der Waals surface area contributed by atoms with Crippen LogP contribution in [0.4, 0.5) is 0 Å². The number of pyridine rings is 1. The Balaban J connectivity index is 2.85. The van der Waals surface area contributed by atoms with Gasteiger partial charge >= 0.3 is 0 Å². The van der Waals surface area contributed by atoms with Crippen molar-refractivity contribution < 1.29 is 8.42 Å². The van der Waals surface area contributed by atoms with Gasteiger partial charge in [-0.2, -0.15) is 0 Å². The Kier molecular flexibility index (Phi) is 2.12. The molecule has 15 heavy (non-hydrogen) atoms. The van der Waals surface area contributed by atoms with E-state index < -0.39 is 9.84 Å². The number of hydrogen-bond acceptors (Lipinski definition) is 3. The summed E-state index contributed by atoms with van der Waals surface area (Å²) < 4.78 is 22.6. The molecule has 2 rings (SSSR count). The van der Waals surface area contributed by atoms with Crippen molar-refractivity contribution >= 4 is 20.6 Å². The minimum atomic E-state index is -3.22. The topological polar surface area (TPSA) is 67.0 Å². The molecule has 0 saturated heterocycles. The molecule has 0 aliphatic rings. The molecule has 0 spiro atoms. The van der Waals surface area contributed by atoms with Crippen LogP contribution in [0.2, 0.25) is 0 Å². The van der Waals surface area contributed by atoms with Gasteiger partial charge in [-0.25, -0.2) is 8.42 Å². The molecule has 1 heterocycles. The fourth-order valence-electron chi connectivity index (χ4n) is 1.40. The van der Waals surface area contributed by atoms with Gasteiger partial charge in [0.25, 0.3) is 5.56 Å². The predicted octanol–water partition coefficient (Wildman–Crippen LogP) is 0.932. The van der Waals surface area contributed by atoms with Crippen LogP contribution in [0, 0.1) is 0 Å². The van der Waals surface area contributed by atoms with E-state index in [2.05, 4.69) is 4.98 Å². The summed E-state index contributed by atoms with van der Waals surface area (Å²) in [6, 6.07) is 6.13. The van der Waals surface area contributed by atoms with Gasteiger partial charge in [-0.05, 0) is 29.7 Å². The second-order valence-corrected chi connectivity index (χ2v) is 5.34. The lowest BCUT2D eigenvalue weighted by molar-refractivity contribution is 0.602. The molecule has 0 aliphatic carbocycles. The fraction of sp³-hybridized carbons (Fsp3) is 0.100. The molecular formula is C10H9NO3S. The third-order valence-corrected chi connectivity index (χ3v) is 3.28. The standard InChI is InChI=1S/C10H9NO3S/c1-15(13,14)8-2-3-9-7(6-8)4-5-11-10(9)12/h2-6H,1H3,(H,11,12). The summed E-state index contributed by atoms with van der Waals surface area (Å²) in [4.78, 5) is 14.1. The predicted molar refractivity (Wildman–Crippen MR) is 57.7 cm³/mol. The maximum absolute atomic E-state index is 11.3. The van der Waals surface area contributed by atoms with Crippen LogP contribution in [0.15, 0.2) is 40.2 Å². The lowest BCUT2D eigenvalue weighted by Crippen LogP contribution is -2.05. The van der Waals surface area contributed by atoms with E-state index in [1.807, 2.05) is 0 Å². The van der Waals surface area contributed by atoms with Crippen molar-refractivity contribution in [3.05, 3.63) is 40.8 Å². The Labute approximate surface area is 86.5 Å². The third kappa shape index (κ3) is 1.78. The zero-order valence-electron chi connectivity index (χ0n) is 8.02. The van der Waals surface area contributed by atoms with E-state index in [9.17, 15) is 13.2 Å². The molecule has 4 nitrogen and oxygen atoms in total. The van der Waals surface area contributed by atoms with Crippen LogP contribution < -0.4 is 5.56 Å². The summed E-state index contributed by atoms with van der Waals surface area (Å²) in [6.07, 6.45) is 2.64. The molecule has 2 aromatic rings. The molecule has 1 N–H and O–H groups in total. The first-order valence-corrected chi connectivity index (χ1v) is 6.19. The van der Waals surface area contributed by atoms with Gasteiger partial charge in [0.1, 0.15) is 0 Å². The minimum absolute atomic E-state index is 0.215. The van der Waals surface area contributed by atoms with Gasteiger partial charge in [0.05, 0.1) is 4.90 Å². The van der Waals surface area contributed by atoms with E-state index >= 15 is 0 Å². The van der Waals surface area contributed by atoms with E-state index in [4.69, 9.17) is 0 Å². The molecule has 0 atom stereocenters. The highest BCUT2D eigenvalue weighted by atomic mass is 32.2. The van der Waals surface area contributed by atoms with Crippen LogP contribution in [0.3, 0.4) is 0 Å². The van der Waals surface area contributed by atoms with Crippen molar-refractivity contribution in [3.8, 4) is 0 Å². The number of H-pyrrole nitrogens is 1. The van der Waals surface area contributed by atoms with Crippen LogP contribution >= 0.6 is 0 Å². The molecular weight excluding hydrogens is 214 g/mol. The van der Waals surface area contributed by atoms with Crippen LogP contribution in [0.5, 0.6) is 0 Å².